The van der Waals surface area contributed by atoms with Crippen LogP contribution in [0.25, 0.3) is 0 Å². The Morgan fingerprint density at radius 1 is 1.25 bits per heavy atom. The van der Waals surface area contributed by atoms with Crippen molar-refractivity contribution in [1.29, 1.82) is 0 Å². The number of hydrogen-bond donors (Lipinski definition) is 0. The van der Waals surface area contributed by atoms with E-state index in [1.165, 1.54) is 0 Å². The van der Waals surface area contributed by atoms with Crippen LogP contribution < -0.4 is 0 Å². The van der Waals surface area contributed by atoms with Gasteiger partial charge in [-0.1, -0.05) is 0 Å². The predicted molar refractivity (Wildman–Crippen MR) is 15.7 cm³/mol. The first-order valence-corrected chi connectivity index (χ1v) is 3.44. The predicted octanol–water partition coefficient (Wildman–Crippen LogP) is -1.53. The van der Waals surface area contributed by atoms with Crippen molar-refractivity contribution in [2.45, 2.75) is 0 Å². The summed E-state index contributed by atoms with van der Waals surface area (Å²) in [5.41, 5.74) is 0. The van der Waals surface area contributed by atoms with E-state index in [2.05, 4.69) is 0 Å². The van der Waals surface area contributed by atoms with Crippen LogP contribution in [0.2, 0.25) is 0 Å². The normalized spacial score (nSPS) is 1.50. The van der Waals surface area contributed by atoms with E-state index >= 15 is 0 Å². The Labute approximate surface area is 49.2 Å². The summed E-state index contributed by atoms with van der Waals surface area (Å²) < 4.78 is 16.8. The summed E-state index contributed by atoms with van der Waals surface area (Å²) in [6, 6.07) is 0. The van der Waals surface area contributed by atoms with Gasteiger partial charge in [0.1, 0.15) is 0 Å². The fraction of sp³-hybridized carbons (Fsp3) is 0. The van der Waals surface area contributed by atoms with E-state index in [1.54, 1.807) is 0 Å². The first kappa shape index (κ1) is 8.92. The molecule has 0 heterocycles. The molecule has 0 saturated heterocycles. The van der Waals surface area contributed by atoms with Gasteiger partial charge in [0, 0.05) is 0 Å². The summed E-state index contributed by atoms with van der Waals surface area (Å²) in [5.74, 6) is 0. The first-order chi connectivity index (χ1) is 2.00. The Kier molecular flexibility index (Phi) is 72.2. The molecular weight excluding hydrogens is 217 g/mol. The topological polar surface area (TPSA) is 34.1 Å². The fourth-order valence-electron chi connectivity index (χ4n) is 0. The number of hydrogen-bond acceptors (Lipinski definition) is 2. The van der Waals surface area contributed by atoms with E-state index in [9.17, 15) is 0 Å². The van der Waals surface area contributed by atoms with E-state index in [-0.39, 0.29) is 42.9 Å². The van der Waals surface area contributed by atoms with Crippen molar-refractivity contribution in [2.24, 2.45) is 0 Å². The van der Waals surface area contributed by atoms with E-state index in [4.69, 9.17) is 6.39 Å². The zero-order valence-corrected chi connectivity index (χ0v) is 9.23. The molecule has 0 aliphatic rings. The van der Waals surface area contributed by atoms with Crippen LogP contribution in [0.5, 0.6) is 0 Å². The van der Waals surface area contributed by atoms with Crippen molar-refractivity contribution in [2.75, 3.05) is 0 Å². The van der Waals surface area contributed by atoms with Crippen molar-refractivity contribution in [3.63, 3.8) is 0 Å². The van der Waals surface area contributed by atoms with Gasteiger partial charge < -0.3 is 0 Å². The molecule has 0 unspecified atom stereocenters. The fourth-order valence-corrected chi connectivity index (χ4v) is 0. The summed E-state index contributed by atoms with van der Waals surface area (Å²) in [6.45, 7) is 0. The zero-order valence-electron chi connectivity index (χ0n) is 2.23. The maximum absolute atomic E-state index is 8.42. The van der Waals surface area contributed by atoms with Gasteiger partial charge in [-0.15, -0.1) is 0 Å². The monoisotopic (exact) mass is 218 g/mol. The Hall–Kier alpha value is 1.11. The molecule has 0 amide bonds. The van der Waals surface area contributed by atoms with Crippen LogP contribution >= 0.6 is 0 Å². The molecule has 4 heavy (non-hydrogen) atoms. The molecule has 0 atom stereocenters. The molecular formula is H2GaInO2. The summed E-state index contributed by atoms with van der Waals surface area (Å²) in [6.07, 6.45) is 0. The third-order valence-corrected chi connectivity index (χ3v) is 0. The summed E-state index contributed by atoms with van der Waals surface area (Å²) in [4.78, 5) is 0. The third-order valence-electron chi connectivity index (χ3n) is 0. The molecule has 0 saturated carbocycles. The SMILES string of the molecule is [O]=[GaH].[O]=[InH]. The van der Waals surface area contributed by atoms with Crippen molar-refractivity contribution in [3.8, 4) is 0 Å². The first-order valence-electron chi connectivity index (χ1n) is 0.577. The van der Waals surface area contributed by atoms with Crippen LogP contribution in [-0.4, -0.2) is 42.9 Å². The molecule has 0 aromatic rings. The second kappa shape index (κ2) is 32.4. The minimum atomic E-state index is -0.1000. The molecule has 0 aliphatic heterocycles. The minimum absolute atomic E-state index is 0.1000. The standard InChI is InChI=1S/Ga.In.2O.2H. The van der Waals surface area contributed by atoms with Gasteiger partial charge in [0.25, 0.3) is 0 Å². The Balaban J connectivity index is 0. The molecule has 0 radical (unpaired) electrons. The third kappa shape index (κ3) is 11.3. The van der Waals surface area contributed by atoms with Crippen molar-refractivity contribution in [3.05, 3.63) is 0 Å². The van der Waals surface area contributed by atoms with Gasteiger partial charge in [-0.25, -0.2) is 0 Å². The van der Waals surface area contributed by atoms with E-state index in [0.29, 0.717) is 0 Å². The molecule has 20 valence electrons. The van der Waals surface area contributed by atoms with Gasteiger partial charge in [-0.2, -0.15) is 0 Å². The second-order valence-electron chi connectivity index (χ2n) is 0. The summed E-state index contributed by atoms with van der Waals surface area (Å²) in [7, 11) is 0. The molecule has 2 nitrogen and oxygen atoms in total. The van der Waals surface area contributed by atoms with Crippen molar-refractivity contribution >= 4 is 42.9 Å². The molecule has 0 bridgehead atoms. The average molecular weight is 219 g/mol. The van der Waals surface area contributed by atoms with Gasteiger partial charge in [0.05, 0.1) is 0 Å². The zero-order chi connectivity index (χ0) is 4.00. The molecule has 0 aromatic carbocycles. The molecule has 0 rings (SSSR count). The van der Waals surface area contributed by atoms with Gasteiger partial charge in [0.15, 0.2) is 0 Å². The summed E-state index contributed by atoms with van der Waals surface area (Å²) in [5, 5.41) is 0. The van der Waals surface area contributed by atoms with Gasteiger partial charge in [-0.05, 0) is 0 Å². The molecule has 4 heteroatoms. The van der Waals surface area contributed by atoms with Gasteiger partial charge >= 0.3 is 49.3 Å². The Bertz CT molecular complexity index is 8.00. The second-order valence-corrected chi connectivity index (χ2v) is 0. The quantitative estimate of drug-likeness (QED) is 0.462. The van der Waals surface area contributed by atoms with Crippen molar-refractivity contribution < 1.29 is 6.39 Å². The molecule has 0 fully saturated rings. The van der Waals surface area contributed by atoms with Gasteiger partial charge in [-0.3, -0.25) is 0 Å². The molecule has 0 N–H and O–H groups in total. The maximum atomic E-state index is 8.42. The van der Waals surface area contributed by atoms with Crippen LogP contribution in [0, 0.1) is 0 Å². The van der Waals surface area contributed by atoms with E-state index < -0.39 is 0 Å². The van der Waals surface area contributed by atoms with Crippen LogP contribution in [-0.2, 0) is 6.39 Å². The number of rotatable bonds is 0. The van der Waals surface area contributed by atoms with Gasteiger partial charge in [0.2, 0.25) is 0 Å². The van der Waals surface area contributed by atoms with Crippen LogP contribution in [0.4, 0.5) is 0 Å². The molecule has 0 aromatic heterocycles. The van der Waals surface area contributed by atoms with E-state index in [1.807, 2.05) is 0 Å². The Morgan fingerprint density at radius 3 is 1.25 bits per heavy atom. The molecule has 0 spiro atoms. The Morgan fingerprint density at radius 2 is 1.25 bits per heavy atom. The summed E-state index contributed by atoms with van der Waals surface area (Å²) >= 11 is 0.0250. The molecule has 0 aliphatic carbocycles. The van der Waals surface area contributed by atoms with Crippen LogP contribution in [0.15, 0.2) is 0 Å². The van der Waals surface area contributed by atoms with E-state index in [0.717, 1.165) is 0 Å². The van der Waals surface area contributed by atoms with Crippen molar-refractivity contribution in [1.82, 2.24) is 0 Å². The van der Waals surface area contributed by atoms with Crippen LogP contribution in [0.1, 0.15) is 0 Å². The average Bonchev–Trinajstić information content (AvgIpc) is 1.50. The van der Waals surface area contributed by atoms with Crippen LogP contribution in [0.3, 0.4) is 0 Å².